The largest absolute Gasteiger partial charge is 0.508 e. The van der Waals surface area contributed by atoms with Crippen LogP contribution in [-0.4, -0.2) is 50.3 Å². The molecule has 2 atom stereocenters. The molecule has 7 nitrogen and oxygen atoms in total. The summed E-state index contributed by atoms with van der Waals surface area (Å²) in [5, 5.41) is 35.0. The van der Waals surface area contributed by atoms with Gasteiger partial charge in [0.1, 0.15) is 5.75 Å². The van der Waals surface area contributed by atoms with Crippen molar-refractivity contribution in [3.63, 3.8) is 0 Å². The minimum atomic E-state index is -1.06. The lowest BCUT2D eigenvalue weighted by molar-refractivity contribution is -0.384. The maximum atomic E-state index is 12.5. The standard InChI is InChI=1S/C29H29N3O4/c33-23-8-4-7-21(15-23)28-12-14-31(13-11-20-5-2-1-3-6-20)19-29(28,34)17-25-24-10-9-22(32(35)36)16-26(24)30-27(25)18-28/h1-10,15-16,30,33-34H,11-14,17-19H2/t28-,29-/m0/s1. The molecule has 0 radical (unpaired) electrons. The van der Waals surface area contributed by atoms with Crippen molar-refractivity contribution in [3.8, 4) is 5.75 Å². The molecule has 7 heteroatoms. The van der Waals surface area contributed by atoms with Crippen molar-refractivity contribution in [1.29, 1.82) is 0 Å². The van der Waals surface area contributed by atoms with Crippen LogP contribution in [0.15, 0.2) is 72.8 Å². The number of aromatic nitrogens is 1. The van der Waals surface area contributed by atoms with Gasteiger partial charge in [-0.05, 0) is 54.3 Å². The van der Waals surface area contributed by atoms with Crippen LogP contribution >= 0.6 is 0 Å². The minimum Gasteiger partial charge on any atom is -0.508 e. The predicted molar refractivity (Wildman–Crippen MR) is 138 cm³/mol. The number of rotatable bonds is 5. The molecule has 6 rings (SSSR count). The fourth-order valence-electron chi connectivity index (χ4n) is 6.46. The van der Waals surface area contributed by atoms with E-state index in [0.717, 1.165) is 53.7 Å². The molecule has 184 valence electrons. The Morgan fingerprint density at radius 3 is 2.64 bits per heavy atom. The van der Waals surface area contributed by atoms with E-state index in [1.54, 1.807) is 24.3 Å². The number of hydrogen-bond acceptors (Lipinski definition) is 5. The fourth-order valence-corrected chi connectivity index (χ4v) is 6.46. The first-order valence-electron chi connectivity index (χ1n) is 12.4. The van der Waals surface area contributed by atoms with Gasteiger partial charge < -0.3 is 20.1 Å². The van der Waals surface area contributed by atoms with Crippen LogP contribution in [0.1, 0.15) is 28.8 Å². The third-order valence-electron chi connectivity index (χ3n) is 8.33. The molecule has 1 aliphatic heterocycles. The van der Waals surface area contributed by atoms with Crippen molar-refractivity contribution < 1.29 is 15.1 Å². The first-order valence-corrected chi connectivity index (χ1v) is 12.4. The smallest absolute Gasteiger partial charge is 0.271 e. The second-order valence-corrected chi connectivity index (χ2v) is 10.3. The highest BCUT2D eigenvalue weighted by atomic mass is 16.6. The molecule has 0 bridgehead atoms. The molecule has 3 aromatic carbocycles. The summed E-state index contributed by atoms with van der Waals surface area (Å²) in [5.41, 5.74) is 3.39. The number of benzene rings is 3. The van der Waals surface area contributed by atoms with E-state index in [1.807, 2.05) is 18.2 Å². The van der Waals surface area contributed by atoms with Gasteiger partial charge in [0.15, 0.2) is 0 Å². The summed E-state index contributed by atoms with van der Waals surface area (Å²) in [4.78, 5) is 16.7. The maximum absolute atomic E-state index is 12.5. The van der Waals surface area contributed by atoms with Gasteiger partial charge in [0, 0.05) is 54.6 Å². The number of nitrogens with zero attached hydrogens (tertiary/aromatic N) is 2. The highest BCUT2D eigenvalue weighted by Gasteiger charge is 2.57. The van der Waals surface area contributed by atoms with Gasteiger partial charge in [-0.15, -0.1) is 0 Å². The summed E-state index contributed by atoms with van der Waals surface area (Å²) in [5.74, 6) is 0.189. The van der Waals surface area contributed by atoms with Gasteiger partial charge in [-0.25, -0.2) is 0 Å². The van der Waals surface area contributed by atoms with E-state index in [1.165, 1.54) is 11.6 Å². The van der Waals surface area contributed by atoms with Gasteiger partial charge in [0.05, 0.1) is 16.0 Å². The Morgan fingerprint density at radius 1 is 1.03 bits per heavy atom. The summed E-state index contributed by atoms with van der Waals surface area (Å²) >= 11 is 0. The zero-order chi connectivity index (χ0) is 24.9. The molecular formula is C29H29N3O4. The van der Waals surface area contributed by atoms with Gasteiger partial charge in [0.2, 0.25) is 0 Å². The van der Waals surface area contributed by atoms with E-state index in [0.29, 0.717) is 19.4 Å². The second kappa shape index (κ2) is 8.47. The Balaban J connectivity index is 1.40. The second-order valence-electron chi connectivity index (χ2n) is 10.3. The van der Waals surface area contributed by atoms with Crippen LogP contribution in [0.3, 0.4) is 0 Å². The Labute approximate surface area is 209 Å². The average Bonchev–Trinajstić information content (AvgIpc) is 3.21. The van der Waals surface area contributed by atoms with Crippen molar-refractivity contribution in [2.75, 3.05) is 19.6 Å². The van der Waals surface area contributed by atoms with Crippen molar-refractivity contribution in [3.05, 3.63) is 105 Å². The van der Waals surface area contributed by atoms with E-state index in [2.05, 4.69) is 34.1 Å². The third-order valence-corrected chi connectivity index (χ3v) is 8.33. The van der Waals surface area contributed by atoms with E-state index < -0.39 is 11.0 Å². The maximum Gasteiger partial charge on any atom is 0.271 e. The number of non-ortho nitro benzene ring substituents is 1. The highest BCUT2D eigenvalue weighted by molar-refractivity contribution is 5.87. The lowest BCUT2D eigenvalue weighted by Crippen LogP contribution is -2.66. The number of piperidine rings is 1. The van der Waals surface area contributed by atoms with Crippen LogP contribution in [0.4, 0.5) is 5.69 Å². The molecule has 2 heterocycles. The summed E-state index contributed by atoms with van der Waals surface area (Å²) in [6.07, 6.45) is 2.68. The number of phenols is 1. The van der Waals surface area contributed by atoms with Crippen LogP contribution in [0.2, 0.25) is 0 Å². The predicted octanol–water partition coefficient (Wildman–Crippen LogP) is 4.50. The van der Waals surface area contributed by atoms with Crippen LogP contribution < -0.4 is 0 Å². The topological polar surface area (TPSA) is 103 Å². The van der Waals surface area contributed by atoms with E-state index in [4.69, 9.17) is 0 Å². The molecule has 0 saturated carbocycles. The molecule has 3 N–H and O–H groups in total. The molecule has 2 aliphatic rings. The molecule has 1 saturated heterocycles. The zero-order valence-electron chi connectivity index (χ0n) is 20.0. The molecule has 1 aliphatic carbocycles. The summed E-state index contributed by atoms with van der Waals surface area (Å²) < 4.78 is 0. The Morgan fingerprint density at radius 2 is 1.86 bits per heavy atom. The monoisotopic (exact) mass is 483 g/mol. The molecule has 1 aromatic heterocycles. The Bertz CT molecular complexity index is 1450. The molecule has 0 spiro atoms. The highest BCUT2D eigenvalue weighted by Crippen LogP contribution is 2.52. The number of phenolic OH excluding ortho intramolecular Hbond substituents is 1. The lowest BCUT2D eigenvalue weighted by atomic mass is 9.56. The normalized spacial score (nSPS) is 23.8. The summed E-state index contributed by atoms with van der Waals surface area (Å²) in [6.45, 7) is 2.22. The van der Waals surface area contributed by atoms with Gasteiger partial charge in [-0.3, -0.25) is 10.1 Å². The molecule has 36 heavy (non-hydrogen) atoms. The van der Waals surface area contributed by atoms with Gasteiger partial charge in [-0.2, -0.15) is 0 Å². The number of hydrogen-bond donors (Lipinski definition) is 3. The lowest BCUT2D eigenvalue weighted by Gasteiger charge is -2.56. The van der Waals surface area contributed by atoms with Crippen molar-refractivity contribution in [2.45, 2.75) is 36.7 Å². The number of β-amino-alcohol motifs (C(OH)–C–C–N with tert-alkyl or cyclic N) is 1. The number of aromatic hydroxyl groups is 1. The molecule has 1 fully saturated rings. The zero-order valence-corrected chi connectivity index (χ0v) is 20.0. The number of fused-ring (bicyclic) bond motifs is 4. The Hall–Kier alpha value is -3.68. The number of nitro benzene ring substituents is 1. The quantitative estimate of drug-likeness (QED) is 0.287. The van der Waals surface area contributed by atoms with E-state index in [9.17, 15) is 20.3 Å². The molecule has 0 amide bonds. The number of likely N-dealkylation sites (tertiary alicyclic amines) is 1. The minimum absolute atomic E-state index is 0.0482. The van der Waals surface area contributed by atoms with Crippen LogP contribution in [0, 0.1) is 10.1 Å². The van der Waals surface area contributed by atoms with Crippen LogP contribution in [0.5, 0.6) is 5.75 Å². The van der Waals surface area contributed by atoms with Crippen LogP contribution in [0.25, 0.3) is 10.9 Å². The first-order chi connectivity index (χ1) is 17.4. The number of aliphatic hydroxyl groups is 1. The van der Waals surface area contributed by atoms with E-state index >= 15 is 0 Å². The van der Waals surface area contributed by atoms with Crippen LogP contribution in [-0.2, 0) is 24.7 Å². The molecule has 4 aromatic rings. The Kier molecular flexibility index (Phi) is 5.35. The number of aromatic amines is 1. The summed E-state index contributed by atoms with van der Waals surface area (Å²) in [7, 11) is 0. The van der Waals surface area contributed by atoms with Gasteiger partial charge in [0.25, 0.3) is 5.69 Å². The fraction of sp³-hybridized carbons (Fsp3) is 0.310. The number of H-pyrrole nitrogens is 1. The van der Waals surface area contributed by atoms with Gasteiger partial charge in [-0.1, -0.05) is 42.5 Å². The first kappa shape index (κ1) is 22.8. The average molecular weight is 484 g/mol. The number of nitrogens with one attached hydrogen (secondary N) is 1. The SMILES string of the molecule is O=[N+]([O-])c1ccc2c3c([nH]c2c1)C[C@]1(c2cccc(O)c2)CCN(CCc2ccccc2)C[C@@]1(O)C3. The van der Waals surface area contributed by atoms with E-state index in [-0.39, 0.29) is 16.4 Å². The molecule has 0 unspecified atom stereocenters. The molecular weight excluding hydrogens is 454 g/mol. The third kappa shape index (κ3) is 3.67. The van der Waals surface area contributed by atoms with Crippen molar-refractivity contribution in [2.24, 2.45) is 0 Å². The summed E-state index contributed by atoms with van der Waals surface area (Å²) in [6, 6.07) is 22.6. The number of nitro groups is 1. The van der Waals surface area contributed by atoms with Crippen molar-refractivity contribution >= 4 is 16.6 Å². The van der Waals surface area contributed by atoms with Gasteiger partial charge >= 0.3 is 0 Å². The van der Waals surface area contributed by atoms with Crippen molar-refractivity contribution in [1.82, 2.24) is 9.88 Å².